The Kier molecular flexibility index (Phi) is 3.25. The first-order chi connectivity index (χ1) is 9.22. The van der Waals surface area contributed by atoms with Crippen LogP contribution >= 0.6 is 0 Å². The van der Waals surface area contributed by atoms with Gasteiger partial charge >= 0.3 is 0 Å². The summed E-state index contributed by atoms with van der Waals surface area (Å²) in [4.78, 5) is 4.25. The van der Waals surface area contributed by atoms with E-state index in [-0.39, 0.29) is 17.4 Å². The largest absolute Gasteiger partial charge is 0.334 e. The van der Waals surface area contributed by atoms with Crippen molar-refractivity contribution in [2.45, 2.75) is 18.8 Å². The second-order valence-electron chi connectivity index (χ2n) is 4.64. The zero-order valence-corrected chi connectivity index (χ0v) is 10.2. The van der Waals surface area contributed by atoms with Gasteiger partial charge in [0.05, 0.1) is 0 Å². The normalized spacial score (nSPS) is 16.7. The number of nitrogens with zero attached hydrogens (tertiary/aromatic N) is 2. The average molecular weight is 265 g/mol. The smallest absolute Gasteiger partial charge is 0.258 e. The molecule has 1 N–H and O–H groups in total. The Hall–Kier alpha value is -1.82. The van der Waals surface area contributed by atoms with Crippen LogP contribution in [0.4, 0.5) is 8.78 Å². The van der Waals surface area contributed by atoms with Gasteiger partial charge in [-0.2, -0.15) is 4.98 Å². The topological polar surface area (TPSA) is 51.0 Å². The number of piperidine rings is 1. The van der Waals surface area contributed by atoms with Crippen LogP contribution in [0.15, 0.2) is 22.7 Å². The molecule has 2 heterocycles. The van der Waals surface area contributed by atoms with Crippen LogP contribution in [-0.4, -0.2) is 23.2 Å². The number of hydrogen-bond acceptors (Lipinski definition) is 4. The van der Waals surface area contributed by atoms with Crippen molar-refractivity contribution in [3.05, 3.63) is 35.7 Å². The van der Waals surface area contributed by atoms with Crippen LogP contribution in [0.25, 0.3) is 11.5 Å². The summed E-state index contributed by atoms with van der Waals surface area (Å²) in [6, 6.07) is 3.18. The van der Waals surface area contributed by atoms with E-state index in [4.69, 9.17) is 4.52 Å². The highest BCUT2D eigenvalue weighted by molar-refractivity contribution is 5.52. The van der Waals surface area contributed by atoms with E-state index in [0.29, 0.717) is 5.82 Å². The minimum Gasteiger partial charge on any atom is -0.334 e. The maximum Gasteiger partial charge on any atom is 0.258 e. The minimum atomic E-state index is -0.656. The first-order valence-corrected chi connectivity index (χ1v) is 6.23. The highest BCUT2D eigenvalue weighted by atomic mass is 19.1. The molecule has 0 aliphatic carbocycles. The number of benzene rings is 1. The van der Waals surface area contributed by atoms with Crippen LogP contribution in [-0.2, 0) is 0 Å². The Balaban J connectivity index is 1.87. The molecule has 1 aromatic carbocycles. The van der Waals surface area contributed by atoms with Crippen molar-refractivity contribution in [3.63, 3.8) is 0 Å². The van der Waals surface area contributed by atoms with E-state index in [2.05, 4.69) is 15.5 Å². The quantitative estimate of drug-likeness (QED) is 0.906. The molecule has 0 unspecified atom stereocenters. The van der Waals surface area contributed by atoms with Gasteiger partial charge in [0, 0.05) is 17.5 Å². The van der Waals surface area contributed by atoms with Gasteiger partial charge in [0.1, 0.15) is 11.6 Å². The van der Waals surface area contributed by atoms with Gasteiger partial charge in [-0.25, -0.2) is 8.78 Å². The third kappa shape index (κ3) is 2.63. The van der Waals surface area contributed by atoms with Crippen LogP contribution in [0.1, 0.15) is 24.6 Å². The van der Waals surface area contributed by atoms with Crippen LogP contribution < -0.4 is 5.32 Å². The lowest BCUT2D eigenvalue weighted by Gasteiger charge is -2.18. The molecule has 6 heteroatoms. The molecular weight excluding hydrogens is 252 g/mol. The highest BCUT2D eigenvalue weighted by Gasteiger charge is 2.21. The molecule has 0 radical (unpaired) electrons. The number of halogens is 2. The Bertz CT molecular complexity index is 559. The molecule has 4 nitrogen and oxygen atoms in total. The lowest BCUT2D eigenvalue weighted by molar-refractivity contribution is 0.392. The summed E-state index contributed by atoms with van der Waals surface area (Å²) in [5.74, 6) is -0.293. The predicted molar refractivity (Wildman–Crippen MR) is 64.5 cm³/mol. The molecule has 1 aliphatic heterocycles. The summed E-state index contributed by atoms with van der Waals surface area (Å²) in [5, 5.41) is 7.17. The minimum absolute atomic E-state index is 0.159. The van der Waals surface area contributed by atoms with E-state index in [1.165, 1.54) is 12.1 Å². The van der Waals surface area contributed by atoms with E-state index in [0.717, 1.165) is 32.0 Å². The third-order valence-corrected chi connectivity index (χ3v) is 3.26. The molecule has 0 atom stereocenters. The highest BCUT2D eigenvalue weighted by Crippen LogP contribution is 2.26. The van der Waals surface area contributed by atoms with Crippen molar-refractivity contribution >= 4 is 0 Å². The zero-order chi connectivity index (χ0) is 13.2. The van der Waals surface area contributed by atoms with Gasteiger partial charge in [0.25, 0.3) is 5.89 Å². The Morgan fingerprint density at radius 3 is 2.47 bits per heavy atom. The monoisotopic (exact) mass is 265 g/mol. The summed E-state index contributed by atoms with van der Waals surface area (Å²) in [6.45, 7) is 1.84. The first kappa shape index (κ1) is 12.2. The standard InChI is InChI=1S/C13H13F2N3O/c14-10-5-9(6-11(15)7-10)13-17-12(18-19-13)8-1-3-16-4-2-8/h5-8,16H,1-4H2. The fourth-order valence-electron chi connectivity index (χ4n) is 2.28. The van der Waals surface area contributed by atoms with Gasteiger partial charge in [-0.3, -0.25) is 0 Å². The molecule has 1 fully saturated rings. The van der Waals surface area contributed by atoms with Gasteiger partial charge in [0.2, 0.25) is 0 Å². The average Bonchev–Trinajstić information content (AvgIpc) is 2.88. The van der Waals surface area contributed by atoms with Crippen molar-refractivity contribution < 1.29 is 13.3 Å². The summed E-state index contributed by atoms with van der Waals surface area (Å²) in [6.07, 6.45) is 1.88. The number of nitrogens with one attached hydrogen (secondary N) is 1. The van der Waals surface area contributed by atoms with E-state index in [1.807, 2.05) is 0 Å². The lowest BCUT2D eigenvalue weighted by atomic mass is 9.98. The molecule has 1 aliphatic rings. The van der Waals surface area contributed by atoms with Gasteiger partial charge in [-0.1, -0.05) is 5.16 Å². The van der Waals surface area contributed by atoms with Crippen molar-refractivity contribution in [1.29, 1.82) is 0 Å². The van der Waals surface area contributed by atoms with Crippen LogP contribution in [0, 0.1) is 11.6 Å². The van der Waals surface area contributed by atoms with Crippen molar-refractivity contribution in [3.8, 4) is 11.5 Å². The Morgan fingerprint density at radius 2 is 1.79 bits per heavy atom. The van der Waals surface area contributed by atoms with Crippen LogP contribution in [0.5, 0.6) is 0 Å². The van der Waals surface area contributed by atoms with Crippen molar-refractivity contribution in [1.82, 2.24) is 15.5 Å². The molecule has 0 bridgehead atoms. The zero-order valence-electron chi connectivity index (χ0n) is 10.2. The fraction of sp³-hybridized carbons (Fsp3) is 0.385. The van der Waals surface area contributed by atoms with E-state index in [1.54, 1.807) is 0 Å². The third-order valence-electron chi connectivity index (χ3n) is 3.26. The second-order valence-corrected chi connectivity index (χ2v) is 4.64. The van der Waals surface area contributed by atoms with Gasteiger partial charge < -0.3 is 9.84 Å². The van der Waals surface area contributed by atoms with Crippen molar-refractivity contribution in [2.24, 2.45) is 0 Å². The summed E-state index contributed by atoms with van der Waals surface area (Å²) < 4.78 is 31.4. The molecule has 3 rings (SSSR count). The van der Waals surface area contributed by atoms with Gasteiger partial charge in [-0.05, 0) is 38.1 Å². The van der Waals surface area contributed by atoms with Crippen molar-refractivity contribution in [2.75, 3.05) is 13.1 Å². The Labute approximate surface area is 108 Å². The summed E-state index contributed by atoms with van der Waals surface area (Å²) >= 11 is 0. The molecule has 100 valence electrons. The van der Waals surface area contributed by atoms with E-state index >= 15 is 0 Å². The van der Waals surface area contributed by atoms with Gasteiger partial charge in [-0.15, -0.1) is 0 Å². The van der Waals surface area contributed by atoms with E-state index < -0.39 is 11.6 Å². The maximum absolute atomic E-state index is 13.1. The molecule has 19 heavy (non-hydrogen) atoms. The maximum atomic E-state index is 13.1. The SMILES string of the molecule is Fc1cc(F)cc(-c2nc(C3CCNCC3)no2)c1. The molecule has 1 aromatic heterocycles. The van der Waals surface area contributed by atoms with Gasteiger partial charge in [0.15, 0.2) is 5.82 Å². The molecule has 2 aromatic rings. The van der Waals surface area contributed by atoms with Crippen LogP contribution in [0.2, 0.25) is 0 Å². The summed E-state index contributed by atoms with van der Waals surface area (Å²) in [7, 11) is 0. The first-order valence-electron chi connectivity index (χ1n) is 6.23. The molecule has 0 spiro atoms. The van der Waals surface area contributed by atoms with E-state index in [9.17, 15) is 8.78 Å². The lowest BCUT2D eigenvalue weighted by Crippen LogP contribution is -2.27. The Morgan fingerprint density at radius 1 is 1.11 bits per heavy atom. The molecule has 0 amide bonds. The fourth-order valence-corrected chi connectivity index (χ4v) is 2.28. The molecular formula is C13H13F2N3O. The second kappa shape index (κ2) is 5.05. The predicted octanol–water partition coefficient (Wildman–Crippen LogP) is 2.48. The van der Waals surface area contributed by atoms with Crippen LogP contribution in [0.3, 0.4) is 0 Å². The molecule has 1 saturated heterocycles. The molecule has 0 saturated carbocycles. The number of rotatable bonds is 2. The summed E-state index contributed by atoms with van der Waals surface area (Å²) in [5.41, 5.74) is 0.269. The number of aromatic nitrogens is 2. The number of hydrogen-bond donors (Lipinski definition) is 1.